The summed E-state index contributed by atoms with van der Waals surface area (Å²) < 4.78 is 5.72. The van der Waals surface area contributed by atoms with Gasteiger partial charge in [0, 0.05) is 30.3 Å². The van der Waals surface area contributed by atoms with E-state index in [4.69, 9.17) is 9.51 Å². The monoisotopic (exact) mass is 423 g/mol. The van der Waals surface area contributed by atoms with E-state index in [1.165, 1.54) is 24.0 Å². The second kappa shape index (κ2) is 8.76. The second-order valence-corrected chi connectivity index (χ2v) is 10.9. The molecule has 1 saturated carbocycles. The summed E-state index contributed by atoms with van der Waals surface area (Å²) in [5.41, 5.74) is 2.50. The van der Waals surface area contributed by atoms with Crippen LogP contribution in [0.1, 0.15) is 107 Å². The van der Waals surface area contributed by atoms with E-state index in [1.54, 1.807) is 0 Å². The number of carbonyl (C=O) groups excluding carboxylic acids is 1. The van der Waals surface area contributed by atoms with E-state index in [1.807, 2.05) is 0 Å². The fraction of sp³-hybridized carbons (Fsp3) is 0.654. The number of likely N-dealkylation sites (tertiary alicyclic amines) is 1. The molecule has 1 aliphatic heterocycles. The van der Waals surface area contributed by atoms with E-state index in [0.29, 0.717) is 24.3 Å². The number of nitrogens with zero attached hydrogens (tertiary/aromatic N) is 3. The van der Waals surface area contributed by atoms with Gasteiger partial charge in [-0.15, -0.1) is 0 Å². The van der Waals surface area contributed by atoms with Crippen molar-refractivity contribution in [3.8, 4) is 0 Å². The van der Waals surface area contributed by atoms with Crippen LogP contribution in [0.4, 0.5) is 0 Å². The molecule has 2 unspecified atom stereocenters. The summed E-state index contributed by atoms with van der Waals surface area (Å²) in [7, 11) is 0. The molecule has 168 valence electrons. The molecule has 5 nitrogen and oxygen atoms in total. The maximum atomic E-state index is 13.3. The van der Waals surface area contributed by atoms with E-state index in [2.05, 4.69) is 68.9 Å². The zero-order valence-electron chi connectivity index (χ0n) is 19.7. The van der Waals surface area contributed by atoms with E-state index in [-0.39, 0.29) is 23.2 Å². The quantitative estimate of drug-likeness (QED) is 0.625. The van der Waals surface area contributed by atoms with Gasteiger partial charge in [-0.25, -0.2) is 0 Å². The minimum atomic E-state index is -0.151. The Morgan fingerprint density at radius 1 is 1.06 bits per heavy atom. The van der Waals surface area contributed by atoms with Crippen LogP contribution in [0.5, 0.6) is 0 Å². The standard InChI is InChI=1S/C26H37N3O2/c1-17(2)18-10-12-19(13-11-18)21-14-22(23-27-25(28-31-23)26(3,4)5)16-29(15-21)24(30)20-8-6-7-9-20/h10-13,17,20-22H,6-9,14-16H2,1-5H3. The van der Waals surface area contributed by atoms with Crippen molar-refractivity contribution < 1.29 is 9.32 Å². The molecule has 1 aromatic heterocycles. The Hall–Kier alpha value is -2.17. The summed E-state index contributed by atoms with van der Waals surface area (Å²) in [5.74, 6) is 2.81. The van der Waals surface area contributed by atoms with Crippen molar-refractivity contribution in [2.75, 3.05) is 13.1 Å². The van der Waals surface area contributed by atoms with Gasteiger partial charge in [0.25, 0.3) is 0 Å². The molecular weight excluding hydrogens is 386 g/mol. The number of piperidine rings is 1. The molecule has 1 aromatic carbocycles. The summed E-state index contributed by atoms with van der Waals surface area (Å²) in [4.78, 5) is 20.2. The fourth-order valence-electron chi connectivity index (χ4n) is 4.99. The molecule has 2 fully saturated rings. The highest BCUT2D eigenvalue weighted by atomic mass is 16.5. The molecule has 2 heterocycles. The molecule has 2 aromatic rings. The van der Waals surface area contributed by atoms with Crippen LogP contribution in [0.15, 0.2) is 28.8 Å². The first-order chi connectivity index (χ1) is 14.7. The molecule has 1 saturated heterocycles. The molecule has 0 N–H and O–H groups in total. The van der Waals surface area contributed by atoms with Crippen LogP contribution in [0.2, 0.25) is 0 Å². The average Bonchev–Trinajstić information content (AvgIpc) is 3.45. The molecule has 0 bridgehead atoms. The molecule has 1 amide bonds. The van der Waals surface area contributed by atoms with Crippen LogP contribution in [0.25, 0.3) is 0 Å². The average molecular weight is 424 g/mol. The van der Waals surface area contributed by atoms with Gasteiger partial charge in [-0.3, -0.25) is 4.79 Å². The molecule has 2 aliphatic rings. The third kappa shape index (κ3) is 4.86. The molecule has 0 spiro atoms. The van der Waals surface area contributed by atoms with Crippen molar-refractivity contribution >= 4 is 5.91 Å². The number of hydrogen-bond donors (Lipinski definition) is 0. The third-order valence-electron chi connectivity index (χ3n) is 7.00. The summed E-state index contributed by atoms with van der Waals surface area (Å²) in [6.45, 7) is 12.2. The van der Waals surface area contributed by atoms with Crippen molar-refractivity contribution in [2.45, 2.75) is 89.9 Å². The lowest BCUT2D eigenvalue weighted by atomic mass is 9.83. The van der Waals surface area contributed by atoms with Crippen LogP contribution in [-0.4, -0.2) is 34.0 Å². The number of amides is 1. The number of aromatic nitrogens is 2. The van der Waals surface area contributed by atoms with Crippen LogP contribution in [0, 0.1) is 5.92 Å². The summed E-state index contributed by atoms with van der Waals surface area (Å²) in [5, 5.41) is 4.25. The van der Waals surface area contributed by atoms with E-state index in [9.17, 15) is 4.79 Å². The first-order valence-electron chi connectivity index (χ1n) is 11.9. The number of rotatable bonds is 4. The summed E-state index contributed by atoms with van der Waals surface area (Å²) in [6, 6.07) is 8.96. The summed E-state index contributed by atoms with van der Waals surface area (Å²) >= 11 is 0. The minimum absolute atomic E-state index is 0.0810. The highest BCUT2D eigenvalue weighted by Crippen LogP contribution is 2.38. The Bertz CT molecular complexity index is 888. The molecule has 0 radical (unpaired) electrons. The van der Waals surface area contributed by atoms with Gasteiger partial charge in [-0.05, 0) is 36.3 Å². The lowest BCUT2D eigenvalue weighted by Crippen LogP contribution is -2.44. The number of benzene rings is 1. The maximum Gasteiger partial charge on any atom is 0.231 e. The molecule has 31 heavy (non-hydrogen) atoms. The van der Waals surface area contributed by atoms with Gasteiger partial charge in [-0.2, -0.15) is 4.98 Å². The Labute approximate surface area is 186 Å². The van der Waals surface area contributed by atoms with Crippen molar-refractivity contribution in [3.05, 3.63) is 47.1 Å². The van der Waals surface area contributed by atoms with Crippen LogP contribution >= 0.6 is 0 Å². The van der Waals surface area contributed by atoms with E-state index < -0.39 is 0 Å². The molecule has 4 rings (SSSR count). The molecule has 2 atom stereocenters. The largest absolute Gasteiger partial charge is 0.341 e. The normalized spacial score (nSPS) is 23.0. The van der Waals surface area contributed by atoms with Crippen molar-refractivity contribution in [2.24, 2.45) is 5.92 Å². The first kappa shape index (κ1) is 22.0. The Balaban J connectivity index is 1.60. The van der Waals surface area contributed by atoms with Gasteiger partial charge in [0.1, 0.15) is 0 Å². The number of hydrogen-bond acceptors (Lipinski definition) is 4. The van der Waals surface area contributed by atoms with Crippen LogP contribution in [0.3, 0.4) is 0 Å². The Kier molecular flexibility index (Phi) is 6.23. The van der Waals surface area contributed by atoms with Crippen molar-refractivity contribution in [1.82, 2.24) is 15.0 Å². The van der Waals surface area contributed by atoms with Crippen LogP contribution < -0.4 is 0 Å². The van der Waals surface area contributed by atoms with Crippen LogP contribution in [-0.2, 0) is 10.2 Å². The smallest absolute Gasteiger partial charge is 0.231 e. The fourth-order valence-corrected chi connectivity index (χ4v) is 4.99. The molecule has 5 heteroatoms. The zero-order chi connectivity index (χ0) is 22.2. The number of carbonyl (C=O) groups is 1. The first-order valence-corrected chi connectivity index (χ1v) is 11.9. The van der Waals surface area contributed by atoms with Crippen molar-refractivity contribution in [3.63, 3.8) is 0 Å². The van der Waals surface area contributed by atoms with E-state index >= 15 is 0 Å². The predicted octanol–water partition coefficient (Wildman–Crippen LogP) is 5.78. The van der Waals surface area contributed by atoms with Crippen molar-refractivity contribution in [1.29, 1.82) is 0 Å². The van der Waals surface area contributed by atoms with Gasteiger partial charge in [0.15, 0.2) is 5.82 Å². The highest BCUT2D eigenvalue weighted by Gasteiger charge is 2.37. The second-order valence-electron chi connectivity index (χ2n) is 10.9. The van der Waals surface area contributed by atoms with Gasteiger partial charge in [-0.1, -0.05) is 76.9 Å². The SMILES string of the molecule is CC(C)c1ccc(C2CC(c3nc(C(C)(C)C)no3)CN(C(=O)C3CCCC3)C2)cc1. The third-order valence-corrected chi connectivity index (χ3v) is 7.00. The molecular formula is C26H37N3O2. The lowest BCUT2D eigenvalue weighted by molar-refractivity contribution is -0.137. The van der Waals surface area contributed by atoms with Gasteiger partial charge >= 0.3 is 0 Å². The Morgan fingerprint density at radius 3 is 2.29 bits per heavy atom. The van der Waals surface area contributed by atoms with E-state index in [0.717, 1.165) is 31.6 Å². The maximum absolute atomic E-state index is 13.3. The zero-order valence-corrected chi connectivity index (χ0v) is 19.7. The van der Waals surface area contributed by atoms with Gasteiger partial charge < -0.3 is 9.42 Å². The van der Waals surface area contributed by atoms with Gasteiger partial charge in [0.05, 0.1) is 5.92 Å². The summed E-state index contributed by atoms with van der Waals surface area (Å²) in [6.07, 6.45) is 5.34. The predicted molar refractivity (Wildman–Crippen MR) is 122 cm³/mol. The highest BCUT2D eigenvalue weighted by molar-refractivity contribution is 5.79. The lowest BCUT2D eigenvalue weighted by Gasteiger charge is -2.38. The Morgan fingerprint density at radius 2 is 1.71 bits per heavy atom. The van der Waals surface area contributed by atoms with Gasteiger partial charge in [0.2, 0.25) is 11.8 Å². The topological polar surface area (TPSA) is 59.2 Å². The minimum Gasteiger partial charge on any atom is -0.341 e. The molecule has 1 aliphatic carbocycles.